The van der Waals surface area contributed by atoms with Crippen LogP contribution in [-0.4, -0.2) is 10.9 Å². The number of hydrogen-bond acceptors (Lipinski definition) is 4. The Morgan fingerprint density at radius 3 is 2.70 bits per heavy atom. The van der Waals surface area contributed by atoms with Gasteiger partial charge in [0, 0.05) is 10.9 Å². The standard InChI is InChI=1S/C18H20N2O3/c1-10-5-6-15-14(9-22-18(15)11(10)2)7-16(21)19-8-17-20-12(3)13(4)23-17/h5-6,9H,7-8H2,1-4H3,(H,19,21). The topological polar surface area (TPSA) is 68.3 Å². The normalized spacial score (nSPS) is 11.1. The molecule has 0 saturated heterocycles. The highest BCUT2D eigenvalue weighted by Gasteiger charge is 2.13. The molecule has 23 heavy (non-hydrogen) atoms. The molecule has 0 saturated carbocycles. The molecule has 0 aliphatic carbocycles. The molecular weight excluding hydrogens is 292 g/mol. The summed E-state index contributed by atoms with van der Waals surface area (Å²) in [6.07, 6.45) is 1.93. The SMILES string of the molecule is Cc1ccc2c(CC(=O)NCc3nc(C)c(C)o3)coc2c1C. The van der Waals surface area contributed by atoms with Crippen molar-refractivity contribution in [3.05, 3.63) is 52.4 Å². The monoisotopic (exact) mass is 312 g/mol. The summed E-state index contributed by atoms with van der Waals surface area (Å²) in [6.45, 7) is 8.10. The lowest BCUT2D eigenvalue weighted by atomic mass is 10.0. The van der Waals surface area contributed by atoms with Crippen molar-refractivity contribution in [2.75, 3.05) is 0 Å². The third-order valence-corrected chi connectivity index (χ3v) is 4.20. The molecular formula is C18H20N2O3. The van der Waals surface area contributed by atoms with Crippen LogP contribution in [0.15, 0.2) is 27.2 Å². The first-order valence-electron chi connectivity index (χ1n) is 7.61. The van der Waals surface area contributed by atoms with Crippen molar-refractivity contribution >= 4 is 16.9 Å². The zero-order valence-electron chi connectivity index (χ0n) is 13.8. The van der Waals surface area contributed by atoms with Crippen LogP contribution in [0.2, 0.25) is 0 Å². The summed E-state index contributed by atoms with van der Waals surface area (Å²) < 4.78 is 11.1. The lowest BCUT2D eigenvalue weighted by Gasteiger charge is -2.03. The van der Waals surface area contributed by atoms with E-state index in [0.717, 1.165) is 33.6 Å². The van der Waals surface area contributed by atoms with Gasteiger partial charge in [0.25, 0.3) is 0 Å². The molecule has 0 unspecified atom stereocenters. The lowest BCUT2D eigenvalue weighted by molar-refractivity contribution is -0.120. The number of benzene rings is 1. The van der Waals surface area contributed by atoms with Crippen molar-refractivity contribution < 1.29 is 13.6 Å². The minimum Gasteiger partial charge on any atom is -0.464 e. The molecule has 1 aromatic carbocycles. The van der Waals surface area contributed by atoms with Crippen molar-refractivity contribution in [2.45, 2.75) is 40.7 Å². The number of aryl methyl sites for hydroxylation is 4. The van der Waals surface area contributed by atoms with Crippen LogP contribution in [0, 0.1) is 27.7 Å². The average molecular weight is 312 g/mol. The number of furan rings is 1. The van der Waals surface area contributed by atoms with E-state index < -0.39 is 0 Å². The van der Waals surface area contributed by atoms with Gasteiger partial charge in [0.2, 0.25) is 11.8 Å². The van der Waals surface area contributed by atoms with Crippen molar-refractivity contribution in [1.29, 1.82) is 0 Å². The Hall–Kier alpha value is -2.56. The molecule has 0 spiro atoms. The summed E-state index contributed by atoms with van der Waals surface area (Å²) in [7, 11) is 0. The van der Waals surface area contributed by atoms with Gasteiger partial charge in [0.1, 0.15) is 11.3 Å². The molecule has 1 amide bonds. The molecule has 5 nitrogen and oxygen atoms in total. The van der Waals surface area contributed by atoms with E-state index >= 15 is 0 Å². The number of hydrogen-bond donors (Lipinski definition) is 1. The number of carbonyl (C=O) groups is 1. The first-order valence-corrected chi connectivity index (χ1v) is 7.61. The molecule has 2 aromatic heterocycles. The zero-order chi connectivity index (χ0) is 16.6. The highest BCUT2D eigenvalue weighted by Crippen LogP contribution is 2.26. The molecule has 0 bridgehead atoms. The van der Waals surface area contributed by atoms with Crippen molar-refractivity contribution in [1.82, 2.24) is 10.3 Å². The molecule has 0 fully saturated rings. The molecule has 2 heterocycles. The Bertz CT molecular complexity index is 854. The Kier molecular flexibility index (Phi) is 3.94. The second-order valence-electron chi connectivity index (χ2n) is 5.85. The van der Waals surface area contributed by atoms with Gasteiger partial charge in [-0.25, -0.2) is 4.98 Å². The fourth-order valence-corrected chi connectivity index (χ4v) is 2.55. The Labute approximate surface area is 134 Å². The van der Waals surface area contributed by atoms with Crippen LogP contribution in [0.3, 0.4) is 0 Å². The van der Waals surface area contributed by atoms with E-state index in [9.17, 15) is 4.79 Å². The van der Waals surface area contributed by atoms with E-state index in [1.165, 1.54) is 5.56 Å². The molecule has 0 radical (unpaired) electrons. The first-order chi connectivity index (χ1) is 11.0. The quantitative estimate of drug-likeness (QED) is 0.800. The van der Waals surface area contributed by atoms with Crippen molar-refractivity contribution in [3.8, 4) is 0 Å². The fourth-order valence-electron chi connectivity index (χ4n) is 2.55. The maximum Gasteiger partial charge on any atom is 0.224 e. The maximum absolute atomic E-state index is 12.1. The van der Waals surface area contributed by atoms with E-state index in [-0.39, 0.29) is 12.3 Å². The molecule has 5 heteroatoms. The summed E-state index contributed by atoms with van der Waals surface area (Å²) in [5.41, 5.74) is 4.88. The minimum atomic E-state index is -0.0839. The van der Waals surface area contributed by atoms with Gasteiger partial charge in [-0.2, -0.15) is 0 Å². The summed E-state index contributed by atoms with van der Waals surface area (Å²) >= 11 is 0. The number of nitrogens with one attached hydrogen (secondary N) is 1. The van der Waals surface area contributed by atoms with Crippen LogP contribution < -0.4 is 5.32 Å². The van der Waals surface area contributed by atoms with E-state index in [2.05, 4.69) is 10.3 Å². The third kappa shape index (κ3) is 2.99. The smallest absolute Gasteiger partial charge is 0.224 e. The van der Waals surface area contributed by atoms with Gasteiger partial charge >= 0.3 is 0 Å². The largest absolute Gasteiger partial charge is 0.464 e. The number of oxazole rings is 1. The van der Waals surface area contributed by atoms with Gasteiger partial charge in [0.05, 0.1) is 24.9 Å². The second-order valence-corrected chi connectivity index (χ2v) is 5.85. The van der Waals surface area contributed by atoms with Crippen LogP contribution in [0.1, 0.15) is 34.0 Å². The van der Waals surface area contributed by atoms with E-state index in [1.54, 1.807) is 6.26 Å². The fraction of sp³-hybridized carbons (Fsp3) is 0.333. The van der Waals surface area contributed by atoms with Crippen LogP contribution in [-0.2, 0) is 17.8 Å². The molecule has 0 atom stereocenters. The number of aromatic nitrogens is 1. The van der Waals surface area contributed by atoms with Crippen LogP contribution in [0.25, 0.3) is 11.0 Å². The summed E-state index contributed by atoms with van der Waals surface area (Å²) in [4.78, 5) is 16.4. The number of carbonyl (C=O) groups excluding carboxylic acids is 1. The van der Waals surface area contributed by atoms with Gasteiger partial charge < -0.3 is 14.2 Å². The first kappa shape index (κ1) is 15.3. The highest BCUT2D eigenvalue weighted by molar-refractivity contribution is 5.89. The Balaban J connectivity index is 1.69. The second kappa shape index (κ2) is 5.91. The molecule has 1 N–H and O–H groups in total. The van der Waals surface area contributed by atoms with E-state index in [4.69, 9.17) is 8.83 Å². The van der Waals surface area contributed by atoms with Gasteiger partial charge in [-0.3, -0.25) is 4.79 Å². The Morgan fingerprint density at radius 1 is 1.22 bits per heavy atom. The number of rotatable bonds is 4. The summed E-state index contributed by atoms with van der Waals surface area (Å²) in [5, 5.41) is 3.82. The summed E-state index contributed by atoms with van der Waals surface area (Å²) in [6, 6.07) is 4.05. The van der Waals surface area contributed by atoms with Crippen LogP contribution in [0.4, 0.5) is 0 Å². The third-order valence-electron chi connectivity index (χ3n) is 4.20. The predicted molar refractivity (Wildman–Crippen MR) is 87.2 cm³/mol. The van der Waals surface area contributed by atoms with Crippen LogP contribution >= 0.6 is 0 Å². The van der Waals surface area contributed by atoms with E-state index in [1.807, 2.05) is 39.8 Å². The molecule has 120 valence electrons. The highest BCUT2D eigenvalue weighted by atomic mass is 16.4. The van der Waals surface area contributed by atoms with Gasteiger partial charge in [0.15, 0.2) is 0 Å². The summed E-state index contributed by atoms with van der Waals surface area (Å²) in [5.74, 6) is 1.22. The van der Waals surface area contributed by atoms with Crippen molar-refractivity contribution in [2.24, 2.45) is 0 Å². The minimum absolute atomic E-state index is 0.0839. The predicted octanol–water partition coefficient (Wildman–Crippen LogP) is 3.51. The number of fused-ring (bicyclic) bond motifs is 1. The number of nitrogens with zero attached hydrogens (tertiary/aromatic N) is 1. The molecule has 3 rings (SSSR count). The zero-order valence-corrected chi connectivity index (χ0v) is 13.8. The molecule has 3 aromatic rings. The van der Waals surface area contributed by atoms with E-state index in [0.29, 0.717) is 12.4 Å². The van der Waals surface area contributed by atoms with Crippen LogP contribution in [0.5, 0.6) is 0 Å². The number of amides is 1. The maximum atomic E-state index is 12.1. The molecule has 0 aliphatic rings. The van der Waals surface area contributed by atoms with Gasteiger partial charge in [-0.05, 0) is 38.8 Å². The lowest BCUT2D eigenvalue weighted by Crippen LogP contribution is -2.24. The van der Waals surface area contributed by atoms with Crippen molar-refractivity contribution in [3.63, 3.8) is 0 Å². The molecule has 0 aliphatic heterocycles. The van der Waals surface area contributed by atoms with Gasteiger partial charge in [-0.15, -0.1) is 0 Å². The average Bonchev–Trinajstić information content (AvgIpc) is 3.05. The Morgan fingerprint density at radius 2 is 2.00 bits per heavy atom. The van der Waals surface area contributed by atoms with Gasteiger partial charge in [-0.1, -0.05) is 12.1 Å².